The maximum absolute atomic E-state index is 5.45. The third kappa shape index (κ3) is 159. The third-order valence-corrected chi connectivity index (χ3v) is 23.6. The minimum absolute atomic E-state index is 0.811. The average molecular weight is 1850 g/mol. The van der Waals surface area contributed by atoms with Crippen molar-refractivity contribution in [2.75, 3.05) is 137 Å². The molecule has 0 rings (SSSR count). The summed E-state index contributed by atoms with van der Waals surface area (Å²) in [6.45, 7) is 22.0. The molecule has 688 valence electrons. The van der Waals surface area contributed by atoms with Crippen LogP contribution in [0, 0.1) is 0 Å². The van der Waals surface area contributed by atoms with Gasteiger partial charge in [0, 0.05) is 21.3 Å². The summed E-state index contributed by atoms with van der Waals surface area (Å²) in [5.41, 5.74) is 9.95. The van der Waals surface area contributed by atoms with Crippen molar-refractivity contribution in [2.24, 2.45) is 11.5 Å². The molecule has 0 aliphatic carbocycles. The van der Waals surface area contributed by atoms with Crippen LogP contribution in [-0.4, -0.2) is 151 Å². The van der Waals surface area contributed by atoms with Crippen LogP contribution in [0.4, 0.5) is 0 Å². The lowest BCUT2D eigenvalue weighted by Crippen LogP contribution is -2.24. The van der Waals surface area contributed by atoms with Gasteiger partial charge in [0.05, 0.1) is 0 Å². The summed E-state index contributed by atoms with van der Waals surface area (Å²) >= 11 is 13.5. The van der Waals surface area contributed by atoms with E-state index in [-0.39, 0.29) is 0 Å². The first-order valence-corrected chi connectivity index (χ1v) is 55.0. The van der Waals surface area contributed by atoms with E-state index in [1.54, 1.807) is 0 Å². The number of nitrogens with one attached hydrogen (secondary N) is 3. The molecule has 0 aliphatic heterocycles. The minimum atomic E-state index is 0.811. The minimum Gasteiger partial charge on any atom is -0.333 e. The smallest absolute Gasteiger partial charge is 0.00434 e. The third-order valence-electron chi connectivity index (χ3n) is 21.4. The van der Waals surface area contributed by atoms with Gasteiger partial charge in [0.25, 0.3) is 0 Å². The maximum atomic E-state index is 5.45. The van der Waals surface area contributed by atoms with Gasteiger partial charge in [-0.3, -0.25) is 0 Å². The van der Waals surface area contributed by atoms with E-state index in [0.717, 1.165) is 35.5 Å². The second-order valence-electron chi connectivity index (χ2n) is 33.7. The number of halogens is 4. The van der Waals surface area contributed by atoms with E-state index in [0.29, 0.717) is 0 Å². The molecule has 0 fully saturated rings. The zero-order valence-electron chi connectivity index (χ0n) is 80.0. The van der Waals surface area contributed by atoms with E-state index in [1.165, 1.54) is 527 Å². The second kappa shape index (κ2) is 139. The van der Waals surface area contributed by atoms with Crippen LogP contribution in [0.1, 0.15) is 510 Å². The van der Waals surface area contributed by atoms with Crippen LogP contribution < -0.4 is 27.4 Å². The van der Waals surface area contributed by atoms with Gasteiger partial charge in [-0.05, 0) is 173 Å². The molecule has 0 spiro atoms. The van der Waals surface area contributed by atoms with Gasteiger partial charge < -0.3 is 42.1 Å². The van der Waals surface area contributed by atoms with Crippen molar-refractivity contribution >= 4 is 63.7 Å². The Morgan fingerprint density at radius 3 is 0.580 bits per heavy atom. The van der Waals surface area contributed by atoms with Crippen molar-refractivity contribution in [2.45, 2.75) is 510 Å². The highest BCUT2D eigenvalue weighted by molar-refractivity contribution is 9.10. The molecule has 0 amide bonds. The zero-order chi connectivity index (χ0) is 84.4. The normalized spacial score (nSPS) is 10.9. The highest BCUT2D eigenvalue weighted by Gasteiger charge is 2.03. The number of rotatable bonds is 86. The molecule has 0 radical (unpaired) electrons. The van der Waals surface area contributed by atoms with Crippen molar-refractivity contribution in [1.82, 2.24) is 30.7 Å². The van der Waals surface area contributed by atoms with Crippen LogP contribution in [-0.2, 0) is 0 Å². The summed E-state index contributed by atoms with van der Waals surface area (Å²) in [5.74, 6) is 0. The van der Waals surface area contributed by atoms with Crippen LogP contribution in [0.2, 0.25) is 0 Å². The molecule has 0 heterocycles. The number of nitrogens with two attached hydrogens (primary N) is 2. The van der Waals surface area contributed by atoms with Gasteiger partial charge >= 0.3 is 0 Å². The predicted octanol–water partition coefficient (Wildman–Crippen LogP) is 33.1. The Labute approximate surface area is 746 Å². The van der Waals surface area contributed by atoms with Crippen molar-refractivity contribution in [3.05, 3.63) is 0 Å². The van der Waals surface area contributed by atoms with Gasteiger partial charge in [-0.15, -0.1) is 0 Å². The molecule has 0 aliphatic rings. The Morgan fingerprint density at radius 2 is 0.384 bits per heavy atom. The summed E-state index contributed by atoms with van der Waals surface area (Å²) in [7, 11) is 16.1. The summed E-state index contributed by atoms with van der Waals surface area (Å²) in [6, 6.07) is 0. The lowest BCUT2D eigenvalue weighted by atomic mass is 10.0. The first-order valence-electron chi connectivity index (χ1n) is 50.5. The number of alkyl halides is 4. The Bertz CT molecular complexity index is 1330. The Kier molecular flexibility index (Phi) is 160. The molecule has 0 saturated heterocycles. The molecule has 12 heteroatoms. The Balaban J connectivity index is -0.000000196. The van der Waals surface area contributed by atoms with E-state index in [1.807, 2.05) is 21.1 Å². The number of hydrogen-bond acceptors (Lipinski definition) is 8. The topological polar surface area (TPSA) is 97.8 Å². The van der Waals surface area contributed by atoms with E-state index in [4.69, 9.17) is 5.73 Å². The molecule has 0 aromatic rings. The first kappa shape index (κ1) is 129. The summed E-state index contributed by atoms with van der Waals surface area (Å²) in [5, 5.41) is 14.0. The number of hydrogen-bond donors (Lipinski definition) is 5. The first-order chi connectivity index (χ1) is 55.0. The largest absolute Gasteiger partial charge is 0.333 e. The van der Waals surface area contributed by atoms with Gasteiger partial charge in [0.2, 0.25) is 0 Å². The quantitative estimate of drug-likeness (QED) is 0.0304. The molecule has 112 heavy (non-hydrogen) atoms. The Morgan fingerprint density at radius 1 is 0.205 bits per heavy atom. The monoisotopic (exact) mass is 1850 g/mol. The molecule has 7 N–H and O–H groups in total. The van der Waals surface area contributed by atoms with Crippen LogP contribution in [0.5, 0.6) is 0 Å². The fourth-order valence-electron chi connectivity index (χ4n) is 14.0. The average Bonchev–Trinajstić information content (AvgIpc) is 1.71. The highest BCUT2D eigenvalue weighted by Crippen LogP contribution is 2.19. The number of nitrogens with zero attached hydrogens (tertiary/aromatic N) is 3. The lowest BCUT2D eigenvalue weighted by molar-refractivity contribution is 0.294. The van der Waals surface area contributed by atoms with Gasteiger partial charge in [0.15, 0.2) is 0 Å². The van der Waals surface area contributed by atoms with Crippen LogP contribution in [0.25, 0.3) is 0 Å². The molecule has 8 nitrogen and oxygen atoms in total. The second-order valence-corrected chi connectivity index (χ2v) is 36.9. The van der Waals surface area contributed by atoms with Crippen LogP contribution in [0.15, 0.2) is 0 Å². The molecule has 0 atom stereocenters. The van der Waals surface area contributed by atoms with E-state index >= 15 is 0 Å². The van der Waals surface area contributed by atoms with E-state index in [2.05, 4.69) is 163 Å². The molecular formula is C100H220Br4N8. The van der Waals surface area contributed by atoms with Crippen molar-refractivity contribution in [3.63, 3.8) is 0 Å². The standard InChI is InChI=1S/C22H48N2.C20H42BrN.C19H42N2.C17H37N.C16H33Br.C3H6Br2.C2H7N.CH5N/c1-5-6-7-8-9-10-11-12-13-14-15-16-17-18-21-24(4)22-19-20-23(2)3;1-3-4-5-6-7-8-9-10-11-12-13-14-15-16-19-22(2)20-17-18-21;1-2-3-4-5-6-7-8-9-10-11-12-13-14-15-18-21-19-16-17-20;1-3-4-5-6-7-8-9-10-11-12-13-14-15-16-17-18-2;1-2-3-4-5-6-7-8-9-10-11-12-13-14-15-16-17;4-2-1-3-5;1-3-2;1-2/h5-22H2,1-4H3;3-20H2,1-2H3;21H,2-20H2,1H3;18H,3-17H2,1-2H3;2-16H2,1H3;1-3H2;3H,1-2H3;2H2,1H3. The fourth-order valence-corrected chi connectivity index (χ4v) is 16.0. The SMILES string of the molecule is BrCCCBr.CCCCCCCCCCCCCCCCBr.CCCCCCCCCCCCCCCCN(C)CCCBr.CCCCCCCCCCCCCCCCN(C)CCCN(C)C.CCCCCCCCCCCCCCCCNC.CCCCCCCCCCCCCCCCNCCCN.CN.CNC. The van der Waals surface area contributed by atoms with E-state index < -0.39 is 0 Å². The molecule has 0 aromatic carbocycles. The van der Waals surface area contributed by atoms with Crippen molar-refractivity contribution in [1.29, 1.82) is 0 Å². The van der Waals surface area contributed by atoms with Gasteiger partial charge in [-0.2, -0.15) is 0 Å². The molecule has 0 aromatic heterocycles. The molecular weight excluding hydrogens is 1630 g/mol. The van der Waals surface area contributed by atoms with Gasteiger partial charge in [-0.25, -0.2) is 0 Å². The molecule has 0 saturated carbocycles. The van der Waals surface area contributed by atoms with Crippen LogP contribution >= 0.6 is 63.7 Å². The maximum Gasteiger partial charge on any atom is 0.00434 e. The molecule has 0 bridgehead atoms. The van der Waals surface area contributed by atoms with Crippen LogP contribution in [0.3, 0.4) is 0 Å². The Hall–Kier alpha value is 1.60. The molecule has 0 unspecified atom stereocenters. The fraction of sp³-hybridized carbons (Fsp3) is 1.00. The van der Waals surface area contributed by atoms with Crippen molar-refractivity contribution < 1.29 is 0 Å². The zero-order valence-corrected chi connectivity index (χ0v) is 86.4. The van der Waals surface area contributed by atoms with Crippen molar-refractivity contribution in [3.8, 4) is 0 Å². The van der Waals surface area contributed by atoms with Gasteiger partial charge in [-0.1, -0.05) is 516 Å². The lowest BCUT2D eigenvalue weighted by Gasteiger charge is -2.17. The summed E-state index contributed by atoms with van der Waals surface area (Å²) < 4.78 is 0. The predicted molar refractivity (Wildman–Crippen MR) is 540 cm³/mol. The van der Waals surface area contributed by atoms with Gasteiger partial charge in [0.1, 0.15) is 0 Å². The summed E-state index contributed by atoms with van der Waals surface area (Å²) in [6.07, 6.45) is 106. The van der Waals surface area contributed by atoms with E-state index in [9.17, 15) is 0 Å². The summed E-state index contributed by atoms with van der Waals surface area (Å²) in [4.78, 5) is 7.26. The highest BCUT2D eigenvalue weighted by atomic mass is 79.9. The number of unbranched alkanes of at least 4 members (excludes halogenated alkanes) is 65.